The van der Waals surface area contributed by atoms with E-state index in [0.29, 0.717) is 31.8 Å². The predicted octanol–water partition coefficient (Wildman–Crippen LogP) is 1.15. The van der Waals surface area contributed by atoms with Crippen LogP contribution in [0.3, 0.4) is 0 Å². The largest absolute Gasteiger partial charge is 0.481 e. The van der Waals surface area contributed by atoms with Gasteiger partial charge in [0.2, 0.25) is 11.8 Å². The molecule has 22 heavy (non-hydrogen) atoms. The zero-order chi connectivity index (χ0) is 15.7. The van der Waals surface area contributed by atoms with Gasteiger partial charge in [0.15, 0.2) is 0 Å². The van der Waals surface area contributed by atoms with Crippen LogP contribution in [-0.2, 0) is 14.4 Å². The molecule has 1 aliphatic heterocycles. The summed E-state index contributed by atoms with van der Waals surface area (Å²) in [5.41, 5.74) is 0. The Balaban J connectivity index is 1.51. The predicted molar refractivity (Wildman–Crippen MR) is 79.0 cm³/mol. The molecule has 0 aromatic rings. The Labute approximate surface area is 130 Å². The summed E-state index contributed by atoms with van der Waals surface area (Å²) in [5.74, 6) is -1.37. The van der Waals surface area contributed by atoms with Crippen LogP contribution >= 0.6 is 0 Å². The zero-order valence-electron chi connectivity index (χ0n) is 12.8. The van der Waals surface area contributed by atoms with Gasteiger partial charge in [-0.05, 0) is 32.1 Å². The van der Waals surface area contributed by atoms with E-state index >= 15 is 0 Å². The van der Waals surface area contributed by atoms with Crippen LogP contribution < -0.4 is 5.32 Å². The van der Waals surface area contributed by atoms with E-state index in [2.05, 4.69) is 5.32 Å². The molecule has 3 rings (SSSR count). The molecule has 3 atom stereocenters. The van der Waals surface area contributed by atoms with Gasteiger partial charge in [-0.15, -0.1) is 0 Å². The number of aliphatic carboxylic acids is 1. The highest BCUT2D eigenvalue weighted by molar-refractivity contribution is 5.89. The Bertz CT molecular complexity index is 473. The van der Waals surface area contributed by atoms with Crippen LogP contribution in [0, 0.1) is 11.8 Å². The summed E-state index contributed by atoms with van der Waals surface area (Å²) in [5, 5.41) is 12.0. The molecule has 3 aliphatic rings. The second-order valence-electron chi connectivity index (χ2n) is 6.94. The quantitative estimate of drug-likeness (QED) is 0.815. The molecule has 1 unspecified atom stereocenters. The van der Waals surface area contributed by atoms with Crippen LogP contribution in [0.4, 0.5) is 0 Å². The molecule has 0 radical (unpaired) electrons. The van der Waals surface area contributed by atoms with Crippen molar-refractivity contribution >= 4 is 17.8 Å². The Morgan fingerprint density at radius 3 is 2.45 bits per heavy atom. The maximum absolute atomic E-state index is 12.3. The van der Waals surface area contributed by atoms with Crippen molar-refractivity contribution in [1.29, 1.82) is 0 Å². The number of hydrogen-bond donors (Lipinski definition) is 2. The van der Waals surface area contributed by atoms with Crippen molar-refractivity contribution in [1.82, 2.24) is 10.2 Å². The van der Waals surface area contributed by atoms with Crippen molar-refractivity contribution in [3.63, 3.8) is 0 Å². The summed E-state index contributed by atoms with van der Waals surface area (Å²) in [6.45, 7) is 0.532. The number of carbonyl (C=O) groups excluding carboxylic acids is 2. The molecule has 0 spiro atoms. The van der Waals surface area contributed by atoms with Crippen LogP contribution in [0.5, 0.6) is 0 Å². The maximum Gasteiger partial charge on any atom is 0.306 e. The fraction of sp³-hybridized carbons (Fsp3) is 0.812. The number of nitrogens with one attached hydrogen (secondary N) is 1. The third-order valence-corrected chi connectivity index (χ3v) is 5.42. The molecule has 122 valence electrons. The van der Waals surface area contributed by atoms with E-state index in [4.69, 9.17) is 5.11 Å². The first-order chi connectivity index (χ1) is 10.5. The van der Waals surface area contributed by atoms with Gasteiger partial charge in [-0.1, -0.05) is 12.8 Å². The molecule has 0 aromatic carbocycles. The van der Waals surface area contributed by atoms with E-state index in [1.165, 1.54) is 12.8 Å². The van der Waals surface area contributed by atoms with Crippen molar-refractivity contribution in [2.75, 3.05) is 6.54 Å². The summed E-state index contributed by atoms with van der Waals surface area (Å²) in [7, 11) is 0. The van der Waals surface area contributed by atoms with Crippen LogP contribution in [-0.4, -0.2) is 46.4 Å². The van der Waals surface area contributed by atoms with Gasteiger partial charge >= 0.3 is 5.97 Å². The molecule has 1 heterocycles. The lowest BCUT2D eigenvalue weighted by molar-refractivity contribution is -0.141. The first kappa shape index (κ1) is 15.3. The van der Waals surface area contributed by atoms with Crippen LogP contribution in [0.1, 0.15) is 51.4 Å². The lowest BCUT2D eigenvalue weighted by atomic mass is 10.1. The minimum atomic E-state index is -0.778. The first-order valence-electron chi connectivity index (χ1n) is 8.37. The number of nitrogens with zero attached hydrogens (tertiary/aromatic N) is 1. The van der Waals surface area contributed by atoms with Crippen LogP contribution in [0.25, 0.3) is 0 Å². The molecule has 0 bridgehead atoms. The molecule has 6 nitrogen and oxygen atoms in total. The van der Waals surface area contributed by atoms with Gasteiger partial charge in [0.05, 0.1) is 11.8 Å². The minimum absolute atomic E-state index is 0.0516. The Kier molecular flexibility index (Phi) is 4.36. The minimum Gasteiger partial charge on any atom is -0.481 e. The number of carboxylic acid groups (broad SMARTS) is 1. The number of rotatable bonds is 4. The third kappa shape index (κ3) is 3.10. The molecule has 2 N–H and O–H groups in total. The number of carbonyl (C=O) groups is 3. The average molecular weight is 308 g/mol. The molecule has 2 aliphatic carbocycles. The topological polar surface area (TPSA) is 86.7 Å². The lowest BCUT2D eigenvalue weighted by Gasteiger charge is -2.24. The zero-order valence-corrected chi connectivity index (χ0v) is 12.8. The summed E-state index contributed by atoms with van der Waals surface area (Å²) < 4.78 is 0. The summed E-state index contributed by atoms with van der Waals surface area (Å²) in [6.07, 6.45) is 6.61. The lowest BCUT2D eigenvalue weighted by Crippen LogP contribution is -2.40. The van der Waals surface area contributed by atoms with Crippen molar-refractivity contribution in [3.8, 4) is 0 Å². The molecular weight excluding hydrogens is 284 g/mol. The number of carboxylic acids is 1. The summed E-state index contributed by atoms with van der Waals surface area (Å²) in [6, 6.07) is 0.275. The molecule has 1 saturated heterocycles. The summed E-state index contributed by atoms with van der Waals surface area (Å²) >= 11 is 0. The number of amides is 2. The number of hydrogen-bond acceptors (Lipinski definition) is 3. The van der Waals surface area contributed by atoms with E-state index in [1.54, 1.807) is 0 Å². The van der Waals surface area contributed by atoms with E-state index in [9.17, 15) is 14.4 Å². The van der Waals surface area contributed by atoms with E-state index in [-0.39, 0.29) is 29.7 Å². The van der Waals surface area contributed by atoms with Crippen LogP contribution in [0.2, 0.25) is 0 Å². The molecule has 3 fully saturated rings. The highest BCUT2D eigenvalue weighted by Crippen LogP contribution is 2.30. The molecule has 0 aromatic heterocycles. The molecule has 6 heteroatoms. The van der Waals surface area contributed by atoms with Crippen LogP contribution in [0.15, 0.2) is 0 Å². The monoisotopic (exact) mass is 308 g/mol. The fourth-order valence-corrected chi connectivity index (χ4v) is 4.13. The van der Waals surface area contributed by atoms with E-state index in [1.807, 2.05) is 4.90 Å². The van der Waals surface area contributed by atoms with Gasteiger partial charge < -0.3 is 15.3 Å². The Morgan fingerprint density at radius 1 is 1.09 bits per heavy atom. The Morgan fingerprint density at radius 2 is 1.82 bits per heavy atom. The SMILES string of the molecule is O=C(N[C@@H]1CC[C@H](C(=O)O)C1)C1CC(=O)N(C2CCCC2)C1. The fourth-order valence-electron chi connectivity index (χ4n) is 4.13. The first-order valence-corrected chi connectivity index (χ1v) is 8.37. The third-order valence-electron chi connectivity index (χ3n) is 5.42. The maximum atomic E-state index is 12.3. The summed E-state index contributed by atoms with van der Waals surface area (Å²) in [4.78, 5) is 37.3. The van der Waals surface area contributed by atoms with Gasteiger partial charge in [-0.3, -0.25) is 14.4 Å². The smallest absolute Gasteiger partial charge is 0.306 e. The average Bonchev–Trinajstić information content (AvgIpc) is 3.17. The standard InChI is InChI=1S/C16H24N2O4/c19-14-8-11(9-18(14)13-3-1-2-4-13)15(20)17-12-6-5-10(7-12)16(21)22/h10-13H,1-9H2,(H,17,20)(H,21,22)/t10-,11?,12+/m0/s1. The van der Waals surface area contributed by atoms with E-state index in [0.717, 1.165) is 19.3 Å². The highest BCUT2D eigenvalue weighted by Gasteiger charge is 2.40. The highest BCUT2D eigenvalue weighted by atomic mass is 16.4. The normalized spacial score (nSPS) is 32.6. The number of likely N-dealkylation sites (tertiary alicyclic amines) is 1. The molecule has 2 amide bonds. The van der Waals surface area contributed by atoms with Crippen molar-refractivity contribution in [2.24, 2.45) is 11.8 Å². The van der Waals surface area contributed by atoms with Gasteiger partial charge in [-0.2, -0.15) is 0 Å². The van der Waals surface area contributed by atoms with Gasteiger partial charge in [-0.25, -0.2) is 0 Å². The Hall–Kier alpha value is -1.59. The van der Waals surface area contributed by atoms with Gasteiger partial charge in [0.1, 0.15) is 0 Å². The molecule has 2 saturated carbocycles. The van der Waals surface area contributed by atoms with Crippen molar-refractivity contribution in [2.45, 2.75) is 63.5 Å². The van der Waals surface area contributed by atoms with E-state index < -0.39 is 5.97 Å². The van der Waals surface area contributed by atoms with Gasteiger partial charge in [0, 0.05) is 25.0 Å². The van der Waals surface area contributed by atoms with Gasteiger partial charge in [0.25, 0.3) is 0 Å². The van der Waals surface area contributed by atoms with Crippen molar-refractivity contribution < 1.29 is 19.5 Å². The van der Waals surface area contributed by atoms with Crippen molar-refractivity contribution in [3.05, 3.63) is 0 Å². The molecular formula is C16H24N2O4. The second kappa shape index (κ2) is 6.26. The second-order valence-corrected chi connectivity index (χ2v) is 6.94.